The number of carboxylic acids is 1. The Kier molecular flexibility index (Phi) is 8.59. The molecule has 2 saturated carbocycles. The Labute approximate surface area is 155 Å². The molecule has 0 amide bonds. The Hall–Kier alpha value is -1.40. The smallest absolute Gasteiger partial charge is 0.306 e. The van der Waals surface area contributed by atoms with Gasteiger partial charge in [-0.05, 0) is 25.2 Å². The minimum Gasteiger partial charge on any atom is -0.481 e. The molecule has 0 radical (unpaired) electrons. The van der Waals surface area contributed by atoms with Gasteiger partial charge in [0.25, 0.3) is 0 Å². The summed E-state index contributed by atoms with van der Waals surface area (Å²) in [6.07, 6.45) is 11.1. The van der Waals surface area contributed by atoms with Crippen molar-refractivity contribution >= 4 is 11.7 Å². The predicted octanol–water partition coefficient (Wildman–Crippen LogP) is 3.13. The van der Waals surface area contributed by atoms with Crippen LogP contribution in [0.2, 0.25) is 0 Å². The van der Waals surface area contributed by atoms with Crippen molar-refractivity contribution in [3.63, 3.8) is 0 Å². The van der Waals surface area contributed by atoms with E-state index >= 15 is 0 Å². The zero-order valence-electron chi connectivity index (χ0n) is 15.7. The maximum atomic E-state index is 10.4. The number of oxime groups is 1. The lowest BCUT2D eigenvalue weighted by Crippen LogP contribution is -2.38. The third-order valence-electron chi connectivity index (χ3n) is 5.57. The van der Waals surface area contributed by atoms with Crippen LogP contribution < -0.4 is 0 Å². The SMILES string of the molecule is CCCCCCCC(O)C=CC1C[C@@H]2C(=NOCCC(=O)O)C[C@H]2C1O. The van der Waals surface area contributed by atoms with E-state index in [4.69, 9.17) is 9.94 Å². The van der Waals surface area contributed by atoms with Gasteiger partial charge in [-0.1, -0.05) is 56.3 Å². The van der Waals surface area contributed by atoms with Crippen LogP contribution in [0.4, 0.5) is 0 Å². The second kappa shape index (κ2) is 10.7. The molecule has 0 bridgehead atoms. The summed E-state index contributed by atoms with van der Waals surface area (Å²) < 4.78 is 0. The molecule has 6 heteroatoms. The van der Waals surface area contributed by atoms with E-state index in [1.807, 2.05) is 12.2 Å². The molecule has 0 aromatic heterocycles. The first-order chi connectivity index (χ1) is 12.5. The fourth-order valence-electron chi connectivity index (χ4n) is 3.92. The first-order valence-electron chi connectivity index (χ1n) is 9.97. The van der Waals surface area contributed by atoms with Crippen molar-refractivity contribution < 1.29 is 25.0 Å². The Morgan fingerprint density at radius 3 is 2.85 bits per heavy atom. The van der Waals surface area contributed by atoms with E-state index in [1.54, 1.807) is 0 Å². The quantitative estimate of drug-likeness (QED) is 0.280. The molecule has 6 nitrogen and oxygen atoms in total. The summed E-state index contributed by atoms with van der Waals surface area (Å²) in [5, 5.41) is 33.1. The lowest BCUT2D eigenvalue weighted by Gasteiger charge is -2.33. The highest BCUT2D eigenvalue weighted by Crippen LogP contribution is 2.48. The van der Waals surface area contributed by atoms with E-state index in [1.165, 1.54) is 19.3 Å². The van der Waals surface area contributed by atoms with Crippen LogP contribution in [0.1, 0.15) is 64.7 Å². The predicted molar refractivity (Wildman–Crippen MR) is 99.9 cm³/mol. The molecule has 0 heterocycles. The summed E-state index contributed by atoms with van der Waals surface area (Å²) in [5.74, 6) is -0.429. The number of rotatable bonds is 12. The van der Waals surface area contributed by atoms with E-state index in [0.717, 1.165) is 31.4 Å². The Morgan fingerprint density at radius 2 is 2.12 bits per heavy atom. The molecule has 3 N–H and O–H groups in total. The molecule has 148 valence electrons. The molecular weight excluding hydrogens is 334 g/mol. The third-order valence-corrected chi connectivity index (χ3v) is 5.57. The molecule has 0 aliphatic heterocycles. The van der Waals surface area contributed by atoms with Crippen LogP contribution >= 0.6 is 0 Å². The molecule has 2 fully saturated rings. The van der Waals surface area contributed by atoms with Crippen LogP contribution in [0.15, 0.2) is 17.3 Å². The number of nitrogens with zero attached hydrogens (tertiary/aromatic N) is 1. The van der Waals surface area contributed by atoms with Crippen LogP contribution in [0.5, 0.6) is 0 Å². The van der Waals surface area contributed by atoms with E-state index in [9.17, 15) is 15.0 Å². The van der Waals surface area contributed by atoms with Gasteiger partial charge >= 0.3 is 5.97 Å². The normalized spacial score (nSPS) is 30.3. The fourth-order valence-corrected chi connectivity index (χ4v) is 3.92. The zero-order chi connectivity index (χ0) is 18.9. The number of aliphatic hydroxyl groups excluding tert-OH is 2. The number of aliphatic hydroxyl groups is 2. The standard InChI is InChI=1S/C20H33NO5/c1-2-3-4-5-6-7-15(22)9-8-14-12-16-17(20(14)25)13-18(16)21-26-11-10-19(23)24/h8-9,14-17,20,22,25H,2-7,10-13H2,1H3,(H,23,24)/t14?,15?,16-,17+,20?/m0/s1. The zero-order valence-corrected chi connectivity index (χ0v) is 15.7. The molecule has 2 aliphatic rings. The van der Waals surface area contributed by atoms with Crippen molar-refractivity contribution in [3.8, 4) is 0 Å². The van der Waals surface area contributed by atoms with E-state index in [0.29, 0.717) is 6.42 Å². The largest absolute Gasteiger partial charge is 0.481 e. The van der Waals surface area contributed by atoms with Crippen molar-refractivity contribution in [2.45, 2.75) is 76.9 Å². The summed E-state index contributed by atoms with van der Waals surface area (Å²) in [7, 11) is 0. The highest BCUT2D eigenvalue weighted by atomic mass is 16.6. The first kappa shape index (κ1) is 20.9. The van der Waals surface area contributed by atoms with Gasteiger partial charge < -0.3 is 20.2 Å². The number of aliphatic carboxylic acids is 1. The summed E-state index contributed by atoms with van der Waals surface area (Å²) in [6.45, 7) is 2.27. The third kappa shape index (κ3) is 6.09. The topological polar surface area (TPSA) is 99.4 Å². The van der Waals surface area contributed by atoms with Crippen LogP contribution in [0.3, 0.4) is 0 Å². The molecule has 0 aromatic carbocycles. The van der Waals surface area contributed by atoms with Crippen molar-refractivity contribution in [3.05, 3.63) is 12.2 Å². The van der Waals surface area contributed by atoms with Gasteiger partial charge in [0.1, 0.15) is 6.61 Å². The minimum atomic E-state index is -0.901. The number of carbonyl (C=O) groups is 1. The summed E-state index contributed by atoms with van der Waals surface area (Å²) in [5.41, 5.74) is 0.923. The molecular formula is C20H33NO5. The number of fused-ring (bicyclic) bond motifs is 1. The maximum absolute atomic E-state index is 10.4. The van der Waals surface area contributed by atoms with E-state index in [2.05, 4.69) is 12.1 Å². The highest BCUT2D eigenvalue weighted by molar-refractivity contribution is 5.93. The van der Waals surface area contributed by atoms with Crippen molar-refractivity contribution in [2.24, 2.45) is 22.9 Å². The molecule has 2 aliphatic carbocycles. The summed E-state index contributed by atoms with van der Waals surface area (Å²) in [6, 6.07) is 0. The Bertz CT molecular complexity index is 504. The maximum Gasteiger partial charge on any atom is 0.306 e. The van der Waals surface area contributed by atoms with Gasteiger partial charge in [-0.25, -0.2) is 0 Å². The molecule has 3 unspecified atom stereocenters. The molecule has 26 heavy (non-hydrogen) atoms. The van der Waals surface area contributed by atoms with E-state index < -0.39 is 18.2 Å². The van der Waals surface area contributed by atoms with Crippen LogP contribution in [-0.4, -0.2) is 45.8 Å². The Morgan fingerprint density at radius 1 is 1.35 bits per heavy atom. The first-order valence-corrected chi connectivity index (χ1v) is 9.97. The van der Waals surface area contributed by atoms with Gasteiger partial charge in [0.15, 0.2) is 0 Å². The molecule has 0 saturated heterocycles. The van der Waals surface area contributed by atoms with Crippen molar-refractivity contribution in [2.75, 3.05) is 6.61 Å². The summed E-state index contributed by atoms with van der Waals surface area (Å²) in [4.78, 5) is 15.5. The fraction of sp³-hybridized carbons (Fsp3) is 0.800. The Balaban J connectivity index is 1.70. The number of carboxylic acid groups (broad SMARTS) is 1. The van der Waals surface area contributed by atoms with E-state index in [-0.39, 0.29) is 30.8 Å². The van der Waals surface area contributed by atoms with Gasteiger partial charge in [-0.3, -0.25) is 4.79 Å². The van der Waals surface area contributed by atoms with Crippen molar-refractivity contribution in [1.29, 1.82) is 0 Å². The van der Waals surface area contributed by atoms with Gasteiger partial charge in [0, 0.05) is 11.8 Å². The monoisotopic (exact) mass is 367 g/mol. The van der Waals surface area contributed by atoms with Gasteiger partial charge in [0.2, 0.25) is 0 Å². The molecule has 0 aromatic rings. The highest BCUT2D eigenvalue weighted by Gasteiger charge is 2.51. The number of hydrogen-bond acceptors (Lipinski definition) is 5. The van der Waals surface area contributed by atoms with Crippen LogP contribution in [0, 0.1) is 17.8 Å². The lowest BCUT2D eigenvalue weighted by molar-refractivity contribution is -0.138. The second-order valence-corrected chi connectivity index (χ2v) is 7.58. The van der Waals surface area contributed by atoms with Crippen molar-refractivity contribution in [1.82, 2.24) is 0 Å². The average Bonchev–Trinajstić information content (AvgIpc) is 2.83. The number of unbranched alkanes of at least 4 members (excludes halogenated alkanes) is 4. The lowest BCUT2D eigenvalue weighted by atomic mass is 9.73. The van der Waals surface area contributed by atoms with Crippen LogP contribution in [0.25, 0.3) is 0 Å². The second-order valence-electron chi connectivity index (χ2n) is 7.58. The van der Waals surface area contributed by atoms with Gasteiger partial charge in [0.05, 0.1) is 24.3 Å². The van der Waals surface area contributed by atoms with Gasteiger partial charge in [-0.15, -0.1) is 0 Å². The average molecular weight is 367 g/mol. The minimum absolute atomic E-state index is 0.0476. The summed E-state index contributed by atoms with van der Waals surface area (Å²) >= 11 is 0. The molecule has 0 spiro atoms. The molecule has 5 atom stereocenters. The van der Waals surface area contributed by atoms with Crippen LogP contribution in [-0.2, 0) is 9.63 Å². The molecule has 2 rings (SSSR count). The van der Waals surface area contributed by atoms with Gasteiger partial charge in [-0.2, -0.15) is 0 Å². The number of hydrogen-bond donors (Lipinski definition) is 3.